The van der Waals surface area contributed by atoms with Crippen LogP contribution in [0.15, 0.2) is 18.3 Å². The first-order valence-electron chi connectivity index (χ1n) is 8.04. The second-order valence-electron chi connectivity index (χ2n) is 6.43. The van der Waals surface area contributed by atoms with Crippen molar-refractivity contribution in [2.45, 2.75) is 33.2 Å². The van der Waals surface area contributed by atoms with E-state index in [2.05, 4.69) is 5.10 Å². The number of hydrogen-bond acceptors (Lipinski definition) is 3. The van der Waals surface area contributed by atoms with Gasteiger partial charge in [-0.2, -0.15) is 5.10 Å². The van der Waals surface area contributed by atoms with Crippen molar-refractivity contribution in [3.8, 4) is 5.82 Å². The van der Waals surface area contributed by atoms with E-state index >= 15 is 0 Å². The lowest BCUT2D eigenvalue weighted by Crippen LogP contribution is -2.38. The molecule has 0 saturated carbocycles. The smallest absolute Gasteiger partial charge is 0.308 e. The first-order chi connectivity index (χ1) is 11.3. The second kappa shape index (κ2) is 5.81. The fraction of sp³-hybridized carbons (Fsp3) is 0.471. The van der Waals surface area contributed by atoms with Crippen LogP contribution in [-0.2, 0) is 11.8 Å². The van der Waals surface area contributed by atoms with Crippen molar-refractivity contribution in [1.82, 2.24) is 19.2 Å². The predicted octanol–water partition coefficient (Wildman–Crippen LogP) is 1.76. The van der Waals surface area contributed by atoms with Crippen molar-refractivity contribution >= 4 is 11.9 Å². The number of carbonyl (C=O) groups excluding carboxylic acids is 1. The van der Waals surface area contributed by atoms with E-state index in [4.69, 9.17) is 0 Å². The Kier molecular flexibility index (Phi) is 3.95. The zero-order valence-electron chi connectivity index (χ0n) is 14.4. The summed E-state index contributed by atoms with van der Waals surface area (Å²) in [4.78, 5) is 26.0. The first kappa shape index (κ1) is 16.3. The summed E-state index contributed by atoms with van der Waals surface area (Å²) >= 11 is 0. The van der Waals surface area contributed by atoms with Crippen LogP contribution < -0.4 is 0 Å². The monoisotopic (exact) mass is 330 g/mol. The lowest BCUT2D eigenvalue weighted by Gasteiger charge is -2.23. The Morgan fingerprint density at radius 1 is 1.25 bits per heavy atom. The molecule has 0 spiro atoms. The van der Waals surface area contributed by atoms with Crippen LogP contribution >= 0.6 is 0 Å². The number of hydrogen-bond donors (Lipinski definition) is 1. The molecule has 1 aliphatic rings. The van der Waals surface area contributed by atoms with Crippen molar-refractivity contribution in [1.29, 1.82) is 0 Å². The van der Waals surface area contributed by atoms with E-state index in [0.717, 1.165) is 11.4 Å². The molecule has 2 aromatic heterocycles. The molecule has 2 atom stereocenters. The number of aryl methyl sites for hydroxylation is 3. The van der Waals surface area contributed by atoms with Crippen LogP contribution in [-0.4, -0.2) is 48.8 Å². The van der Waals surface area contributed by atoms with E-state index in [9.17, 15) is 14.7 Å². The molecule has 3 heterocycles. The molecule has 7 nitrogen and oxygen atoms in total. The number of carbonyl (C=O) groups is 2. The van der Waals surface area contributed by atoms with Crippen molar-refractivity contribution in [2.24, 2.45) is 13.0 Å². The van der Waals surface area contributed by atoms with Crippen LogP contribution in [0.3, 0.4) is 0 Å². The van der Waals surface area contributed by atoms with Gasteiger partial charge in [0.1, 0.15) is 11.4 Å². The summed E-state index contributed by atoms with van der Waals surface area (Å²) in [5.41, 5.74) is 2.53. The molecule has 0 radical (unpaired) electrons. The number of rotatable bonds is 3. The van der Waals surface area contributed by atoms with Gasteiger partial charge < -0.3 is 14.6 Å². The van der Waals surface area contributed by atoms with Crippen LogP contribution in [0.4, 0.5) is 0 Å². The summed E-state index contributed by atoms with van der Waals surface area (Å²) in [6, 6.07) is 3.67. The van der Waals surface area contributed by atoms with Gasteiger partial charge in [0.25, 0.3) is 5.91 Å². The van der Waals surface area contributed by atoms with Gasteiger partial charge in [-0.15, -0.1) is 0 Å². The molecule has 1 amide bonds. The Bertz CT molecular complexity index is 785. The lowest BCUT2D eigenvalue weighted by molar-refractivity contribution is -0.142. The van der Waals surface area contributed by atoms with Gasteiger partial charge in [-0.3, -0.25) is 14.3 Å². The summed E-state index contributed by atoms with van der Waals surface area (Å²) in [5, 5.41) is 13.5. The quantitative estimate of drug-likeness (QED) is 0.930. The Balaban J connectivity index is 2.00. The molecule has 3 rings (SSSR count). The summed E-state index contributed by atoms with van der Waals surface area (Å²) in [6.45, 7) is 6.21. The van der Waals surface area contributed by atoms with Gasteiger partial charge in [0.2, 0.25) is 0 Å². The number of amides is 1. The maximum absolute atomic E-state index is 13.0. The van der Waals surface area contributed by atoms with Crippen LogP contribution in [0, 0.1) is 19.8 Å². The third-order valence-electron chi connectivity index (χ3n) is 4.95. The minimum absolute atomic E-state index is 0.165. The number of aliphatic carboxylic acids is 1. The minimum atomic E-state index is -0.846. The van der Waals surface area contributed by atoms with Gasteiger partial charge in [-0.1, -0.05) is 0 Å². The van der Waals surface area contributed by atoms with E-state index in [1.165, 1.54) is 0 Å². The summed E-state index contributed by atoms with van der Waals surface area (Å²) < 4.78 is 3.68. The average Bonchev–Trinajstić information content (AvgIpc) is 3.17. The highest BCUT2D eigenvalue weighted by atomic mass is 16.4. The third-order valence-corrected chi connectivity index (χ3v) is 4.95. The van der Waals surface area contributed by atoms with Crippen LogP contribution in [0.5, 0.6) is 0 Å². The van der Waals surface area contributed by atoms with Gasteiger partial charge in [-0.25, -0.2) is 0 Å². The molecule has 1 saturated heterocycles. The zero-order chi connectivity index (χ0) is 17.6. The Labute approximate surface area is 140 Å². The fourth-order valence-corrected chi connectivity index (χ4v) is 3.56. The Morgan fingerprint density at radius 2 is 1.88 bits per heavy atom. The molecule has 0 aliphatic carbocycles. The largest absolute Gasteiger partial charge is 0.481 e. The number of nitrogens with zero attached hydrogens (tertiary/aromatic N) is 4. The topological polar surface area (TPSA) is 80.4 Å². The third kappa shape index (κ3) is 2.40. The van der Waals surface area contributed by atoms with Crippen molar-refractivity contribution in [2.75, 3.05) is 6.54 Å². The van der Waals surface area contributed by atoms with E-state index in [-0.39, 0.29) is 11.9 Å². The summed E-state index contributed by atoms with van der Waals surface area (Å²) in [6.07, 6.45) is 2.05. The zero-order valence-corrected chi connectivity index (χ0v) is 14.4. The highest BCUT2D eigenvalue weighted by Crippen LogP contribution is 2.28. The van der Waals surface area contributed by atoms with E-state index < -0.39 is 11.9 Å². The maximum atomic E-state index is 13.0. The first-order valence-corrected chi connectivity index (χ1v) is 8.04. The molecule has 1 N–H and O–H groups in total. The van der Waals surface area contributed by atoms with E-state index in [1.807, 2.05) is 30.5 Å². The van der Waals surface area contributed by atoms with E-state index in [1.54, 1.807) is 29.7 Å². The van der Waals surface area contributed by atoms with Crippen LogP contribution in [0.2, 0.25) is 0 Å². The van der Waals surface area contributed by atoms with E-state index in [0.29, 0.717) is 24.3 Å². The van der Waals surface area contributed by atoms with Crippen LogP contribution in [0.1, 0.15) is 35.1 Å². The van der Waals surface area contributed by atoms with Gasteiger partial charge in [0, 0.05) is 31.0 Å². The number of aromatic nitrogens is 3. The second-order valence-corrected chi connectivity index (χ2v) is 6.43. The SMILES string of the molecule is Cc1ccc(C)n1-c1c(C(=O)N2CCC(C(=O)O)C2C)cnn1C. The molecule has 0 aromatic carbocycles. The molecule has 128 valence electrons. The van der Waals surface area contributed by atoms with Gasteiger partial charge in [0.15, 0.2) is 0 Å². The molecule has 2 aromatic rings. The average molecular weight is 330 g/mol. The van der Waals surface area contributed by atoms with Crippen molar-refractivity contribution in [3.05, 3.63) is 35.3 Å². The highest BCUT2D eigenvalue weighted by Gasteiger charge is 2.39. The predicted molar refractivity (Wildman–Crippen MR) is 88.3 cm³/mol. The molecule has 1 fully saturated rings. The Morgan fingerprint density at radius 3 is 2.42 bits per heavy atom. The van der Waals surface area contributed by atoms with Gasteiger partial charge in [-0.05, 0) is 39.3 Å². The molecule has 7 heteroatoms. The number of carboxylic acids is 1. The van der Waals surface area contributed by atoms with Gasteiger partial charge >= 0.3 is 5.97 Å². The van der Waals surface area contributed by atoms with Gasteiger partial charge in [0.05, 0.1) is 12.1 Å². The molecule has 2 unspecified atom stereocenters. The van der Waals surface area contributed by atoms with Crippen molar-refractivity contribution < 1.29 is 14.7 Å². The van der Waals surface area contributed by atoms with Crippen LogP contribution in [0.25, 0.3) is 5.82 Å². The number of likely N-dealkylation sites (tertiary alicyclic amines) is 1. The summed E-state index contributed by atoms with van der Waals surface area (Å²) in [7, 11) is 1.80. The maximum Gasteiger partial charge on any atom is 0.308 e. The molecule has 24 heavy (non-hydrogen) atoms. The Hall–Kier alpha value is -2.57. The minimum Gasteiger partial charge on any atom is -0.481 e. The molecular formula is C17H22N4O3. The fourth-order valence-electron chi connectivity index (χ4n) is 3.56. The summed E-state index contributed by atoms with van der Waals surface area (Å²) in [5.74, 6) is -0.807. The number of carboxylic acid groups (broad SMARTS) is 1. The normalized spacial score (nSPS) is 20.6. The highest BCUT2D eigenvalue weighted by molar-refractivity contribution is 5.98. The molecule has 1 aliphatic heterocycles. The molecular weight excluding hydrogens is 308 g/mol. The standard InChI is InChI=1S/C17H22N4O3/c1-10-5-6-11(2)21(10)15-14(9-18-19(15)4)16(22)20-8-7-13(12(20)3)17(23)24/h5-6,9,12-13H,7-8H2,1-4H3,(H,23,24). The molecule has 0 bridgehead atoms. The van der Waals surface area contributed by atoms with Crippen molar-refractivity contribution in [3.63, 3.8) is 0 Å². The lowest BCUT2D eigenvalue weighted by atomic mass is 10.0.